The van der Waals surface area contributed by atoms with Crippen molar-refractivity contribution >= 4 is 10.0 Å². The molecule has 1 saturated heterocycles. The Hall–Kier alpha value is -0.960. The Labute approximate surface area is 126 Å². The summed E-state index contributed by atoms with van der Waals surface area (Å²) in [5.41, 5.74) is 1.49. The topological polar surface area (TPSA) is 87.3 Å². The molecule has 8 heteroatoms. The van der Waals surface area contributed by atoms with Crippen molar-refractivity contribution in [1.82, 2.24) is 19.8 Å². The summed E-state index contributed by atoms with van der Waals surface area (Å²) >= 11 is 0. The molecule has 2 N–H and O–H groups in total. The number of morpholine rings is 1. The first-order valence-electron chi connectivity index (χ1n) is 7.26. The molecule has 0 aliphatic carbocycles. The monoisotopic (exact) mass is 316 g/mol. The average Bonchev–Trinajstić information content (AvgIpc) is 2.81. The van der Waals surface area contributed by atoms with E-state index in [2.05, 4.69) is 15.5 Å². The lowest BCUT2D eigenvalue weighted by Crippen LogP contribution is -2.50. The third kappa shape index (κ3) is 3.28. The molecule has 0 saturated carbocycles. The quantitative estimate of drug-likeness (QED) is 0.832. The van der Waals surface area contributed by atoms with Gasteiger partial charge in [-0.1, -0.05) is 6.92 Å². The summed E-state index contributed by atoms with van der Waals surface area (Å²) in [6.07, 6.45) is -0.103. The maximum atomic E-state index is 12.9. The van der Waals surface area contributed by atoms with E-state index in [9.17, 15) is 8.42 Å². The molecule has 2 atom stereocenters. The highest BCUT2D eigenvalue weighted by molar-refractivity contribution is 7.89. The molecular weight excluding hydrogens is 292 g/mol. The van der Waals surface area contributed by atoms with Crippen LogP contribution in [0.5, 0.6) is 0 Å². The van der Waals surface area contributed by atoms with E-state index in [1.165, 1.54) is 4.31 Å². The van der Waals surface area contributed by atoms with E-state index in [1.807, 2.05) is 27.7 Å². The summed E-state index contributed by atoms with van der Waals surface area (Å²) in [7, 11) is -3.61. The zero-order valence-corrected chi connectivity index (χ0v) is 13.8. The minimum Gasteiger partial charge on any atom is -0.375 e. The predicted octanol–water partition coefficient (Wildman–Crippen LogP) is 0.626. The van der Waals surface area contributed by atoms with E-state index in [-0.39, 0.29) is 17.2 Å². The van der Waals surface area contributed by atoms with Gasteiger partial charge in [-0.3, -0.25) is 5.10 Å². The van der Waals surface area contributed by atoms with Crippen LogP contribution in [-0.4, -0.2) is 54.8 Å². The zero-order chi connectivity index (χ0) is 15.6. The van der Waals surface area contributed by atoms with Gasteiger partial charge in [0.15, 0.2) is 5.03 Å². The summed E-state index contributed by atoms with van der Waals surface area (Å²) in [4.78, 5) is 0. The average molecular weight is 316 g/mol. The van der Waals surface area contributed by atoms with E-state index < -0.39 is 10.0 Å². The minimum absolute atomic E-state index is 0.103. The van der Waals surface area contributed by atoms with E-state index >= 15 is 0 Å². The van der Waals surface area contributed by atoms with Gasteiger partial charge in [0.1, 0.15) is 0 Å². The smallest absolute Gasteiger partial charge is 0.263 e. The van der Waals surface area contributed by atoms with Crippen molar-refractivity contribution in [2.45, 2.75) is 51.4 Å². The third-order valence-corrected chi connectivity index (χ3v) is 5.64. The second-order valence-corrected chi connectivity index (χ2v) is 7.29. The van der Waals surface area contributed by atoms with Crippen LogP contribution in [0.2, 0.25) is 0 Å². The lowest BCUT2D eigenvalue weighted by atomic mass is 10.2. The Morgan fingerprint density at radius 2 is 2.19 bits per heavy atom. The largest absolute Gasteiger partial charge is 0.375 e. The van der Waals surface area contributed by atoms with Crippen LogP contribution in [0.25, 0.3) is 0 Å². The molecule has 0 aromatic carbocycles. The summed E-state index contributed by atoms with van der Waals surface area (Å²) in [5, 5.41) is 10.1. The number of nitrogens with zero attached hydrogens (tertiary/aromatic N) is 2. The normalized spacial score (nSPS) is 24.4. The van der Waals surface area contributed by atoms with Crippen molar-refractivity contribution in [2.24, 2.45) is 0 Å². The Bertz CT molecular complexity index is 584. The standard InChI is InChI=1S/C13H24N4O3S/c1-5-14-6-12-11(4)15-16-13(12)21(18,19)17-7-10(3)20-8-9(17)2/h9-10,14H,5-8H2,1-4H3,(H,15,16). The van der Waals surface area contributed by atoms with Gasteiger partial charge in [-0.15, -0.1) is 0 Å². The molecule has 21 heavy (non-hydrogen) atoms. The Morgan fingerprint density at radius 3 is 2.86 bits per heavy atom. The highest BCUT2D eigenvalue weighted by Gasteiger charge is 2.37. The molecule has 1 fully saturated rings. The molecule has 0 radical (unpaired) electrons. The lowest BCUT2D eigenvalue weighted by Gasteiger charge is -2.35. The van der Waals surface area contributed by atoms with Crippen molar-refractivity contribution < 1.29 is 13.2 Å². The predicted molar refractivity (Wildman–Crippen MR) is 79.5 cm³/mol. The van der Waals surface area contributed by atoms with Crippen LogP contribution in [0, 0.1) is 6.92 Å². The van der Waals surface area contributed by atoms with Crippen LogP contribution in [0.4, 0.5) is 0 Å². The van der Waals surface area contributed by atoms with E-state index in [0.29, 0.717) is 25.3 Å². The fourth-order valence-corrected chi connectivity index (χ4v) is 4.28. The second kappa shape index (κ2) is 6.43. The number of ether oxygens (including phenoxy) is 1. The molecule has 1 aromatic rings. The van der Waals surface area contributed by atoms with Gasteiger partial charge in [-0.05, 0) is 27.3 Å². The lowest BCUT2D eigenvalue weighted by molar-refractivity contribution is -0.0171. The third-order valence-electron chi connectivity index (χ3n) is 3.69. The van der Waals surface area contributed by atoms with Gasteiger partial charge < -0.3 is 10.1 Å². The molecular formula is C13H24N4O3S. The fraction of sp³-hybridized carbons (Fsp3) is 0.769. The zero-order valence-electron chi connectivity index (χ0n) is 13.0. The van der Waals surface area contributed by atoms with Gasteiger partial charge in [0, 0.05) is 30.4 Å². The minimum atomic E-state index is -3.61. The highest BCUT2D eigenvalue weighted by atomic mass is 32.2. The number of aromatic amines is 1. The number of aromatic nitrogens is 2. The summed E-state index contributed by atoms with van der Waals surface area (Å²) in [5.74, 6) is 0. The van der Waals surface area contributed by atoms with E-state index in [0.717, 1.165) is 12.2 Å². The van der Waals surface area contributed by atoms with Crippen LogP contribution in [0.3, 0.4) is 0 Å². The van der Waals surface area contributed by atoms with Gasteiger partial charge in [-0.25, -0.2) is 8.42 Å². The molecule has 0 amide bonds. The number of nitrogens with one attached hydrogen (secondary N) is 2. The van der Waals surface area contributed by atoms with Gasteiger partial charge in [0.25, 0.3) is 10.0 Å². The Balaban J connectivity index is 2.35. The molecule has 2 heterocycles. The van der Waals surface area contributed by atoms with E-state index in [4.69, 9.17) is 4.74 Å². The highest BCUT2D eigenvalue weighted by Crippen LogP contribution is 2.25. The van der Waals surface area contributed by atoms with Crippen LogP contribution < -0.4 is 5.32 Å². The molecule has 120 valence electrons. The molecule has 1 aromatic heterocycles. The number of rotatable bonds is 5. The van der Waals surface area contributed by atoms with Crippen molar-refractivity contribution in [3.05, 3.63) is 11.3 Å². The molecule has 0 bridgehead atoms. The molecule has 2 rings (SSSR count). The van der Waals surface area contributed by atoms with Crippen molar-refractivity contribution in [1.29, 1.82) is 0 Å². The van der Waals surface area contributed by atoms with E-state index in [1.54, 1.807) is 0 Å². The molecule has 2 unspecified atom stereocenters. The number of hydrogen-bond acceptors (Lipinski definition) is 5. The van der Waals surface area contributed by atoms with Gasteiger partial charge in [0.2, 0.25) is 0 Å². The molecule has 0 spiro atoms. The van der Waals surface area contributed by atoms with Crippen LogP contribution in [-0.2, 0) is 21.3 Å². The van der Waals surface area contributed by atoms with Gasteiger partial charge in [0.05, 0.1) is 12.7 Å². The van der Waals surface area contributed by atoms with Gasteiger partial charge >= 0.3 is 0 Å². The number of sulfonamides is 1. The Morgan fingerprint density at radius 1 is 1.48 bits per heavy atom. The SMILES string of the molecule is CCNCc1c(S(=O)(=O)N2CC(C)OCC2C)n[nH]c1C. The molecule has 1 aliphatic heterocycles. The number of hydrogen-bond donors (Lipinski definition) is 2. The first-order chi connectivity index (χ1) is 9.87. The van der Waals surface area contributed by atoms with Crippen LogP contribution >= 0.6 is 0 Å². The van der Waals surface area contributed by atoms with Crippen LogP contribution in [0.1, 0.15) is 32.0 Å². The number of H-pyrrole nitrogens is 1. The van der Waals surface area contributed by atoms with Gasteiger partial charge in [-0.2, -0.15) is 9.40 Å². The van der Waals surface area contributed by atoms with Crippen LogP contribution in [0.15, 0.2) is 5.03 Å². The van der Waals surface area contributed by atoms with Crippen molar-refractivity contribution in [3.63, 3.8) is 0 Å². The first kappa shape index (κ1) is 16.4. The maximum absolute atomic E-state index is 12.9. The second-order valence-electron chi connectivity index (χ2n) is 5.48. The first-order valence-corrected chi connectivity index (χ1v) is 8.70. The summed E-state index contributed by atoms with van der Waals surface area (Å²) < 4.78 is 32.8. The van der Waals surface area contributed by atoms with Crippen molar-refractivity contribution in [2.75, 3.05) is 19.7 Å². The van der Waals surface area contributed by atoms with Crippen molar-refractivity contribution in [3.8, 4) is 0 Å². The molecule has 7 nitrogen and oxygen atoms in total. The summed E-state index contributed by atoms with van der Waals surface area (Å²) in [6, 6.07) is -0.185. The maximum Gasteiger partial charge on any atom is 0.263 e. The fourth-order valence-electron chi connectivity index (χ4n) is 2.42. The Kier molecular flexibility index (Phi) is 5.03. The number of aryl methyl sites for hydroxylation is 1. The molecule has 1 aliphatic rings. The summed E-state index contributed by atoms with van der Waals surface area (Å²) in [6.45, 7) is 9.58.